The molecule has 0 N–H and O–H groups in total. The molecule has 0 amide bonds. The van der Waals surface area contributed by atoms with Crippen molar-refractivity contribution in [3.05, 3.63) is 89.2 Å². The Balaban J connectivity index is 1.78. The molecule has 3 aromatic heterocycles. The Kier molecular flexibility index (Phi) is 1.93. The zero-order valence-electron chi connectivity index (χ0n) is 12.1. The molecule has 0 fully saturated rings. The second-order valence-corrected chi connectivity index (χ2v) is 6.15. The van der Waals surface area contributed by atoms with Crippen LogP contribution in [0.3, 0.4) is 0 Å². The van der Waals surface area contributed by atoms with Gasteiger partial charge in [-0.05, 0) is 34.9 Å². The predicted molar refractivity (Wildman–Crippen MR) is 84.4 cm³/mol. The fourth-order valence-electron chi connectivity index (χ4n) is 4.16. The van der Waals surface area contributed by atoms with Crippen LogP contribution in [0.5, 0.6) is 0 Å². The summed E-state index contributed by atoms with van der Waals surface area (Å²) >= 11 is 0. The van der Waals surface area contributed by atoms with Gasteiger partial charge in [-0.3, -0.25) is 15.0 Å². The molecule has 0 saturated carbocycles. The lowest BCUT2D eigenvalue weighted by molar-refractivity contribution is 0.572. The highest BCUT2D eigenvalue weighted by Crippen LogP contribution is 2.54. The molecule has 4 heteroatoms. The van der Waals surface area contributed by atoms with Gasteiger partial charge in [0.25, 0.3) is 0 Å². The Morgan fingerprint density at radius 1 is 0.696 bits per heavy atom. The zero-order chi connectivity index (χ0) is 15.0. The molecule has 0 saturated heterocycles. The maximum atomic E-state index is 5.38. The van der Waals surface area contributed by atoms with Crippen LogP contribution in [0.15, 0.2) is 59.8 Å². The monoisotopic (exact) mass is 297 g/mol. The van der Waals surface area contributed by atoms with Gasteiger partial charge in [-0.25, -0.2) is 0 Å². The van der Waals surface area contributed by atoms with E-state index in [2.05, 4.69) is 33.2 Å². The number of fused-ring (bicyclic) bond motifs is 1. The summed E-state index contributed by atoms with van der Waals surface area (Å²) in [6.45, 7) is 0. The van der Waals surface area contributed by atoms with Crippen molar-refractivity contribution in [2.24, 2.45) is 0 Å². The Hall–Kier alpha value is -3.01. The average Bonchev–Trinajstić information content (AvgIpc) is 3.06. The molecule has 0 spiro atoms. The number of pyridine rings is 1. The van der Waals surface area contributed by atoms with Gasteiger partial charge >= 0.3 is 0 Å². The first kappa shape index (κ1) is 11.5. The van der Waals surface area contributed by atoms with E-state index in [0.717, 1.165) is 27.9 Å². The molecular formula is C19H11N3O. The standard InChI is InChI=1S/C19H11N3O/c1-2-12-15-13-6-10-8-23-9-11(10)7-14(13)16(17(12)20-3-1)19-18(15)21-4-5-22-19/h1-9,15-16H. The maximum absolute atomic E-state index is 5.38. The number of rotatable bonds is 0. The normalized spacial score (nSPS) is 20.2. The summed E-state index contributed by atoms with van der Waals surface area (Å²) in [4.78, 5) is 14.0. The average molecular weight is 297 g/mol. The van der Waals surface area contributed by atoms with E-state index in [1.54, 1.807) is 24.9 Å². The van der Waals surface area contributed by atoms with Gasteiger partial charge in [0.1, 0.15) is 0 Å². The van der Waals surface area contributed by atoms with Crippen LogP contribution in [-0.2, 0) is 0 Å². The summed E-state index contributed by atoms with van der Waals surface area (Å²) in [6, 6.07) is 8.63. The van der Waals surface area contributed by atoms with Crippen molar-refractivity contribution >= 4 is 10.8 Å². The second-order valence-electron chi connectivity index (χ2n) is 6.15. The molecule has 3 heterocycles. The largest absolute Gasteiger partial charge is 0.471 e. The summed E-state index contributed by atoms with van der Waals surface area (Å²) < 4.78 is 5.38. The van der Waals surface area contributed by atoms with Crippen LogP contribution in [-0.4, -0.2) is 15.0 Å². The Bertz CT molecular complexity index is 967. The van der Waals surface area contributed by atoms with E-state index < -0.39 is 0 Å². The van der Waals surface area contributed by atoms with Crippen molar-refractivity contribution in [2.45, 2.75) is 11.8 Å². The van der Waals surface area contributed by atoms with Gasteiger partial charge in [-0.2, -0.15) is 0 Å². The first-order valence-corrected chi connectivity index (χ1v) is 7.67. The van der Waals surface area contributed by atoms with Crippen molar-refractivity contribution in [2.75, 3.05) is 0 Å². The Labute approximate surface area is 131 Å². The van der Waals surface area contributed by atoms with E-state index in [0.29, 0.717) is 0 Å². The lowest BCUT2D eigenvalue weighted by Crippen LogP contribution is -2.30. The summed E-state index contributed by atoms with van der Waals surface area (Å²) in [5.74, 6) is 0.177. The minimum atomic E-state index is 0.0641. The van der Waals surface area contributed by atoms with Gasteiger partial charge in [0.05, 0.1) is 41.4 Å². The van der Waals surface area contributed by atoms with Crippen LogP contribution in [0, 0.1) is 0 Å². The third-order valence-corrected chi connectivity index (χ3v) is 5.06. The number of hydrogen-bond donors (Lipinski definition) is 0. The molecule has 1 aromatic carbocycles. The summed E-state index contributed by atoms with van der Waals surface area (Å²) in [7, 11) is 0. The molecule has 3 aliphatic carbocycles. The van der Waals surface area contributed by atoms with Crippen molar-refractivity contribution in [3.63, 3.8) is 0 Å². The molecular weight excluding hydrogens is 286 g/mol. The topological polar surface area (TPSA) is 51.8 Å². The first-order valence-electron chi connectivity index (χ1n) is 7.67. The van der Waals surface area contributed by atoms with Crippen LogP contribution in [0.2, 0.25) is 0 Å². The van der Waals surface area contributed by atoms with E-state index in [1.165, 1.54) is 16.7 Å². The third-order valence-electron chi connectivity index (χ3n) is 5.06. The lowest BCUT2D eigenvalue weighted by Gasteiger charge is -2.39. The van der Waals surface area contributed by atoms with Crippen LogP contribution in [0.25, 0.3) is 10.8 Å². The minimum Gasteiger partial charge on any atom is -0.471 e. The van der Waals surface area contributed by atoms with Gasteiger partial charge in [0.2, 0.25) is 0 Å². The van der Waals surface area contributed by atoms with Gasteiger partial charge in [0, 0.05) is 29.4 Å². The number of aromatic nitrogens is 3. The highest BCUT2D eigenvalue weighted by molar-refractivity contribution is 5.85. The SMILES string of the molecule is c1cnc2c(c1)C1c3cc4cocc4cc3C2c2nccnc21. The molecule has 23 heavy (non-hydrogen) atoms. The Morgan fingerprint density at radius 2 is 1.35 bits per heavy atom. The van der Waals surface area contributed by atoms with Crippen molar-refractivity contribution in [3.8, 4) is 0 Å². The summed E-state index contributed by atoms with van der Waals surface area (Å²) in [5, 5.41) is 2.26. The zero-order valence-corrected chi connectivity index (χ0v) is 12.1. The fourth-order valence-corrected chi connectivity index (χ4v) is 4.16. The summed E-state index contributed by atoms with van der Waals surface area (Å²) in [6.07, 6.45) is 9.03. The van der Waals surface area contributed by atoms with Gasteiger partial charge < -0.3 is 4.42 Å². The maximum Gasteiger partial charge on any atom is 0.0981 e. The summed E-state index contributed by atoms with van der Waals surface area (Å²) in [5.41, 5.74) is 7.05. The molecule has 0 aliphatic heterocycles. The molecule has 3 aliphatic rings. The molecule has 7 rings (SSSR count). The van der Waals surface area contributed by atoms with E-state index in [1.807, 2.05) is 12.3 Å². The number of hydrogen-bond acceptors (Lipinski definition) is 4. The van der Waals surface area contributed by atoms with Gasteiger partial charge in [-0.15, -0.1) is 0 Å². The number of nitrogens with zero attached hydrogens (tertiary/aromatic N) is 3. The van der Waals surface area contributed by atoms with Crippen molar-refractivity contribution < 1.29 is 4.42 Å². The second kappa shape index (κ2) is 3.84. The smallest absolute Gasteiger partial charge is 0.0981 e. The van der Waals surface area contributed by atoms with Gasteiger partial charge in [-0.1, -0.05) is 6.07 Å². The molecule has 108 valence electrons. The minimum absolute atomic E-state index is 0.0641. The van der Waals surface area contributed by atoms with E-state index in [9.17, 15) is 0 Å². The van der Waals surface area contributed by atoms with Gasteiger partial charge in [0.15, 0.2) is 0 Å². The molecule has 4 nitrogen and oxygen atoms in total. The van der Waals surface area contributed by atoms with Crippen LogP contribution < -0.4 is 0 Å². The quantitative estimate of drug-likeness (QED) is 0.430. The van der Waals surface area contributed by atoms with Crippen LogP contribution in [0.1, 0.15) is 45.6 Å². The number of furan rings is 1. The lowest BCUT2D eigenvalue weighted by atomic mass is 9.65. The van der Waals surface area contributed by atoms with Crippen LogP contribution in [0.4, 0.5) is 0 Å². The Morgan fingerprint density at radius 3 is 2.13 bits per heavy atom. The van der Waals surface area contributed by atoms with E-state index >= 15 is 0 Å². The van der Waals surface area contributed by atoms with Crippen LogP contribution >= 0.6 is 0 Å². The van der Waals surface area contributed by atoms with E-state index in [4.69, 9.17) is 4.42 Å². The molecule has 0 radical (unpaired) electrons. The number of benzene rings is 1. The van der Waals surface area contributed by atoms with E-state index in [-0.39, 0.29) is 11.8 Å². The van der Waals surface area contributed by atoms with Crippen molar-refractivity contribution in [1.29, 1.82) is 0 Å². The highest BCUT2D eigenvalue weighted by atomic mass is 16.3. The predicted octanol–water partition coefficient (Wildman–Crippen LogP) is 3.61. The third kappa shape index (κ3) is 1.30. The highest BCUT2D eigenvalue weighted by Gasteiger charge is 2.44. The fraction of sp³-hybridized carbons (Fsp3) is 0.105. The molecule has 2 unspecified atom stereocenters. The molecule has 2 bridgehead atoms. The molecule has 2 atom stereocenters. The molecule has 4 aromatic rings. The first-order chi connectivity index (χ1) is 11.4. The van der Waals surface area contributed by atoms with Crippen molar-refractivity contribution in [1.82, 2.24) is 15.0 Å².